The van der Waals surface area contributed by atoms with Crippen LogP contribution in [0.25, 0.3) is 16.6 Å². The van der Waals surface area contributed by atoms with E-state index in [2.05, 4.69) is 0 Å². The first-order valence-corrected chi connectivity index (χ1v) is 13.8. The summed E-state index contributed by atoms with van der Waals surface area (Å²) in [5.74, 6) is -2.83. The zero-order valence-electron chi connectivity index (χ0n) is 21.4. The predicted molar refractivity (Wildman–Crippen MR) is 150 cm³/mol. The highest BCUT2D eigenvalue weighted by molar-refractivity contribution is 8.02. The molecule has 40 heavy (non-hydrogen) atoms. The second kappa shape index (κ2) is 12.1. The van der Waals surface area contributed by atoms with E-state index in [-0.39, 0.29) is 16.7 Å². The van der Waals surface area contributed by atoms with Crippen LogP contribution in [0.5, 0.6) is 0 Å². The third-order valence-corrected chi connectivity index (χ3v) is 8.30. The molecule has 0 bridgehead atoms. The van der Waals surface area contributed by atoms with E-state index < -0.39 is 48.5 Å². The van der Waals surface area contributed by atoms with Gasteiger partial charge >= 0.3 is 11.9 Å². The van der Waals surface area contributed by atoms with E-state index in [4.69, 9.17) is 25.8 Å². The van der Waals surface area contributed by atoms with E-state index in [1.54, 1.807) is 60.7 Å². The first-order chi connectivity index (χ1) is 19.2. The van der Waals surface area contributed by atoms with E-state index in [0.29, 0.717) is 11.1 Å². The quantitative estimate of drug-likeness (QED) is 0.157. The largest absolute Gasteiger partial charge is 0.503 e. The van der Waals surface area contributed by atoms with Crippen molar-refractivity contribution < 1.29 is 37.0 Å². The summed E-state index contributed by atoms with van der Waals surface area (Å²) in [5.41, 5.74) is 0.551. The number of benzene rings is 3. The van der Waals surface area contributed by atoms with Crippen molar-refractivity contribution in [3.05, 3.63) is 124 Å². The number of sulfone groups is 1. The van der Waals surface area contributed by atoms with Crippen LogP contribution in [0.15, 0.2) is 102 Å². The van der Waals surface area contributed by atoms with Crippen LogP contribution in [-0.4, -0.2) is 40.4 Å². The summed E-state index contributed by atoms with van der Waals surface area (Å²) in [5, 5.41) is -2.08. The molecule has 0 saturated carbocycles. The summed E-state index contributed by atoms with van der Waals surface area (Å²) in [6.07, 6.45) is 2.45. The average molecular weight is 579 g/mol. The van der Waals surface area contributed by atoms with Crippen LogP contribution in [0.2, 0.25) is 0 Å². The maximum atomic E-state index is 13.7. The lowest BCUT2D eigenvalue weighted by Crippen LogP contribution is -2.18. The summed E-state index contributed by atoms with van der Waals surface area (Å²) < 4.78 is 42.5. The minimum absolute atomic E-state index is 0.0736. The number of ketones is 1. The van der Waals surface area contributed by atoms with Crippen molar-refractivity contribution in [1.82, 2.24) is 0 Å². The minimum Gasteiger partial charge on any atom is -0.503 e. The molecule has 0 N–H and O–H groups in total. The summed E-state index contributed by atoms with van der Waals surface area (Å²) in [7, 11) is -1.74. The molecule has 0 saturated heterocycles. The predicted octanol–water partition coefficient (Wildman–Crippen LogP) is 5.08. The van der Waals surface area contributed by atoms with Crippen molar-refractivity contribution in [1.29, 1.82) is 0 Å². The lowest BCUT2D eigenvalue weighted by molar-refractivity contribution is -0.136. The van der Waals surface area contributed by atoms with Gasteiger partial charge in [-0.1, -0.05) is 84.9 Å². The number of methoxy groups -OCH3 is 2. The van der Waals surface area contributed by atoms with Crippen LogP contribution in [0.1, 0.15) is 27.5 Å². The van der Waals surface area contributed by atoms with Crippen molar-refractivity contribution in [3.63, 3.8) is 0 Å². The Labute approximate surface area is 236 Å². The van der Waals surface area contributed by atoms with E-state index in [1.807, 2.05) is 0 Å². The number of hydrogen-bond donors (Lipinski definition) is 0. The highest BCUT2D eigenvalue weighted by atomic mass is 35.5. The van der Waals surface area contributed by atoms with Crippen molar-refractivity contribution in [2.75, 3.05) is 14.2 Å². The lowest BCUT2D eigenvalue weighted by atomic mass is 10.0. The van der Waals surface area contributed by atoms with Gasteiger partial charge < -0.3 is 14.2 Å². The maximum Gasteiger partial charge on any atom is 0.349 e. The summed E-state index contributed by atoms with van der Waals surface area (Å²) in [6, 6.07) is 22.3. The van der Waals surface area contributed by atoms with Gasteiger partial charge in [-0.15, -0.1) is 0 Å². The van der Waals surface area contributed by atoms with E-state index in [1.165, 1.54) is 50.8 Å². The molecular weight excluding hydrogens is 556 g/mol. The summed E-state index contributed by atoms with van der Waals surface area (Å²) in [4.78, 5) is 38.8. The normalized spacial score (nSPS) is 17.0. The molecule has 0 spiro atoms. The Morgan fingerprint density at radius 2 is 1.48 bits per heavy atom. The highest BCUT2D eigenvalue weighted by Gasteiger charge is 2.50. The van der Waals surface area contributed by atoms with E-state index >= 15 is 0 Å². The first kappa shape index (κ1) is 28.5. The molecule has 0 fully saturated rings. The van der Waals surface area contributed by atoms with E-state index in [0.717, 1.165) is 0 Å². The Bertz CT molecular complexity index is 1660. The molecule has 0 amide bonds. The Hall–Kier alpha value is -4.47. The van der Waals surface area contributed by atoms with Gasteiger partial charge in [0.1, 0.15) is 11.1 Å². The minimum atomic E-state index is -4.31. The van der Waals surface area contributed by atoms with Crippen molar-refractivity contribution >= 4 is 55.7 Å². The van der Waals surface area contributed by atoms with Crippen LogP contribution >= 0.6 is 11.6 Å². The first-order valence-electron chi connectivity index (χ1n) is 11.8. The molecule has 0 aliphatic carbocycles. The molecule has 3 aromatic rings. The zero-order valence-corrected chi connectivity index (χ0v) is 22.9. The highest BCUT2D eigenvalue weighted by Crippen LogP contribution is 2.45. The second-order valence-electron chi connectivity index (χ2n) is 8.45. The molecule has 204 valence electrons. The number of rotatable bonds is 8. The van der Waals surface area contributed by atoms with Crippen molar-refractivity contribution in [2.24, 2.45) is 0 Å². The van der Waals surface area contributed by atoms with Gasteiger partial charge in [-0.25, -0.2) is 18.0 Å². The molecule has 1 aliphatic rings. The number of carbonyl (C=O) groups is 3. The van der Waals surface area contributed by atoms with E-state index in [9.17, 15) is 22.8 Å². The van der Waals surface area contributed by atoms with Gasteiger partial charge in [0.05, 0.1) is 25.4 Å². The molecule has 1 aliphatic heterocycles. The van der Waals surface area contributed by atoms with Crippen LogP contribution in [0.3, 0.4) is 0 Å². The van der Waals surface area contributed by atoms with Gasteiger partial charge in [0.15, 0.2) is 26.1 Å². The van der Waals surface area contributed by atoms with Gasteiger partial charge in [0, 0.05) is 6.08 Å². The number of esters is 2. The fraction of sp³-hybridized carbons (Fsp3) is 0.100. The fourth-order valence-electron chi connectivity index (χ4n) is 4.30. The molecule has 1 heterocycles. The molecule has 3 aromatic carbocycles. The van der Waals surface area contributed by atoms with Gasteiger partial charge in [-0.05, 0) is 33.9 Å². The van der Waals surface area contributed by atoms with Crippen LogP contribution < -0.4 is 0 Å². The van der Waals surface area contributed by atoms with Gasteiger partial charge in [0.25, 0.3) is 0 Å². The average Bonchev–Trinajstić information content (AvgIpc) is 3.17. The molecule has 10 heteroatoms. The molecule has 1 atom stereocenters. The number of hydrogen-bond acceptors (Lipinski definition) is 8. The van der Waals surface area contributed by atoms with Crippen molar-refractivity contribution in [2.45, 2.75) is 5.25 Å². The third-order valence-electron chi connectivity index (χ3n) is 6.00. The standard InChI is InChI=1S/C30H23ClO8S/c1-37-18-23(29(33)38-2)22-16-10-9-15-21(22)17-24(31)39-30(34)25-26(32)28(20-13-7-4-8-14-20)40(35,36)27(25)19-11-5-3-6-12-19/h3-18,28H,1-2H3/b23-18+,24-17+. The summed E-state index contributed by atoms with van der Waals surface area (Å²) in [6.45, 7) is 0. The molecule has 0 radical (unpaired) electrons. The summed E-state index contributed by atoms with van der Waals surface area (Å²) >= 11 is 6.29. The molecule has 4 rings (SSSR count). The lowest BCUT2D eigenvalue weighted by Gasteiger charge is -2.10. The van der Waals surface area contributed by atoms with Gasteiger partial charge in [-0.3, -0.25) is 4.79 Å². The number of ether oxygens (including phenoxy) is 3. The maximum absolute atomic E-state index is 13.7. The van der Waals surface area contributed by atoms with Crippen LogP contribution in [0, 0.1) is 0 Å². The monoisotopic (exact) mass is 578 g/mol. The Balaban J connectivity index is 1.77. The fourth-order valence-corrected chi connectivity index (χ4v) is 6.57. The molecular formula is C30H23ClO8S. The Morgan fingerprint density at radius 3 is 2.10 bits per heavy atom. The molecule has 8 nitrogen and oxygen atoms in total. The Morgan fingerprint density at radius 1 is 0.875 bits per heavy atom. The number of halogens is 1. The third kappa shape index (κ3) is 5.61. The van der Waals surface area contributed by atoms with Gasteiger partial charge in [0.2, 0.25) is 0 Å². The van der Waals surface area contributed by atoms with Crippen molar-refractivity contribution in [3.8, 4) is 0 Å². The number of carbonyl (C=O) groups excluding carboxylic acids is 3. The van der Waals surface area contributed by atoms with Crippen LogP contribution in [0.4, 0.5) is 0 Å². The second-order valence-corrected chi connectivity index (χ2v) is 10.8. The van der Waals surface area contributed by atoms with Crippen LogP contribution in [-0.2, 0) is 38.4 Å². The SMILES string of the molecule is CO/C=C(/C(=O)OC)c1ccccc1/C=C(\Cl)OC(=O)C1=C(c2ccccc2)S(=O)(=O)C(c2ccccc2)C1=O. The van der Waals surface area contributed by atoms with Gasteiger partial charge in [-0.2, -0.15) is 0 Å². The molecule has 1 unspecified atom stereocenters. The molecule has 0 aromatic heterocycles. The number of Topliss-reactive ketones (excluding diaryl/α,β-unsaturated/α-hetero) is 1. The Kier molecular flexibility index (Phi) is 8.67. The topological polar surface area (TPSA) is 113 Å². The zero-order chi connectivity index (χ0) is 28.9. The smallest absolute Gasteiger partial charge is 0.349 e.